The molecule has 0 saturated carbocycles. The Bertz CT molecular complexity index is 471. The van der Waals surface area contributed by atoms with Gasteiger partial charge in [-0.25, -0.2) is 0 Å². The molecule has 3 atom stereocenters. The van der Waals surface area contributed by atoms with Crippen molar-refractivity contribution in [2.24, 2.45) is 5.92 Å². The van der Waals surface area contributed by atoms with E-state index in [9.17, 15) is 4.79 Å². The van der Waals surface area contributed by atoms with E-state index in [4.69, 9.17) is 9.84 Å². The van der Waals surface area contributed by atoms with Crippen LogP contribution in [-0.2, 0) is 22.5 Å². The van der Waals surface area contributed by atoms with Crippen molar-refractivity contribution in [1.29, 1.82) is 0 Å². The Morgan fingerprint density at radius 1 is 1.39 bits per heavy atom. The number of carboxylic acid groups (broad SMARTS) is 1. The number of hydrogen-bond donors (Lipinski definition) is 1. The zero-order valence-corrected chi connectivity index (χ0v) is 10.4. The number of aromatic nitrogens is 3. The topological polar surface area (TPSA) is 77.2 Å². The lowest BCUT2D eigenvalue weighted by Crippen LogP contribution is -2.28. The molecule has 1 aromatic heterocycles. The van der Waals surface area contributed by atoms with Crippen LogP contribution in [0.15, 0.2) is 0 Å². The molecule has 3 rings (SSSR count). The van der Waals surface area contributed by atoms with E-state index in [-0.39, 0.29) is 18.1 Å². The molecule has 3 heterocycles. The molecule has 0 amide bonds. The van der Waals surface area contributed by atoms with Crippen molar-refractivity contribution >= 4 is 5.97 Å². The first kappa shape index (κ1) is 11.6. The van der Waals surface area contributed by atoms with Crippen LogP contribution in [-0.4, -0.2) is 31.9 Å². The van der Waals surface area contributed by atoms with Crippen LogP contribution < -0.4 is 0 Å². The summed E-state index contributed by atoms with van der Waals surface area (Å²) in [6.07, 6.45) is 3.53. The van der Waals surface area contributed by atoms with E-state index in [2.05, 4.69) is 10.2 Å². The maximum Gasteiger partial charge on any atom is 0.308 e. The summed E-state index contributed by atoms with van der Waals surface area (Å²) in [7, 11) is 0. The zero-order chi connectivity index (χ0) is 12.7. The monoisotopic (exact) mass is 251 g/mol. The highest BCUT2D eigenvalue weighted by molar-refractivity contribution is 5.70. The molecule has 6 heteroatoms. The Morgan fingerprint density at radius 3 is 2.89 bits per heavy atom. The average molecular weight is 251 g/mol. The summed E-state index contributed by atoms with van der Waals surface area (Å²) in [4.78, 5) is 11.1. The van der Waals surface area contributed by atoms with Crippen molar-refractivity contribution in [3.05, 3.63) is 11.6 Å². The highest BCUT2D eigenvalue weighted by atomic mass is 16.5. The molecule has 1 fully saturated rings. The second-order valence-electron chi connectivity index (χ2n) is 5.17. The molecule has 0 aromatic carbocycles. The number of rotatable bonds is 2. The molecule has 2 aliphatic heterocycles. The van der Waals surface area contributed by atoms with Crippen LogP contribution in [0.25, 0.3) is 0 Å². The van der Waals surface area contributed by atoms with Gasteiger partial charge in [-0.1, -0.05) is 0 Å². The van der Waals surface area contributed by atoms with Gasteiger partial charge in [0.15, 0.2) is 5.82 Å². The lowest BCUT2D eigenvalue weighted by atomic mass is 9.99. The van der Waals surface area contributed by atoms with Gasteiger partial charge in [-0.3, -0.25) is 4.79 Å². The molecular weight excluding hydrogens is 234 g/mol. The standard InChI is InChI=1S/C12H17N3O3/c1-7-2-4-9(18-7)11-14-13-10-5-3-8(12(16)17)6-15(10)11/h7-9H,2-6H2,1H3,(H,16,17). The SMILES string of the molecule is CC1CCC(c2nnc3n2CC(C(=O)O)CC3)O1. The fraction of sp³-hybridized carbons (Fsp3) is 0.750. The molecule has 2 aliphatic rings. The number of aryl methyl sites for hydroxylation is 1. The van der Waals surface area contributed by atoms with Crippen molar-refractivity contribution in [3.8, 4) is 0 Å². The molecule has 6 nitrogen and oxygen atoms in total. The van der Waals surface area contributed by atoms with Gasteiger partial charge < -0.3 is 14.4 Å². The van der Waals surface area contributed by atoms with Gasteiger partial charge in [-0.15, -0.1) is 10.2 Å². The molecular formula is C12H17N3O3. The van der Waals surface area contributed by atoms with Gasteiger partial charge in [0.2, 0.25) is 0 Å². The molecule has 18 heavy (non-hydrogen) atoms. The molecule has 0 aliphatic carbocycles. The number of carboxylic acids is 1. The van der Waals surface area contributed by atoms with E-state index in [0.717, 1.165) is 24.5 Å². The van der Waals surface area contributed by atoms with E-state index >= 15 is 0 Å². The van der Waals surface area contributed by atoms with E-state index in [1.807, 2.05) is 11.5 Å². The number of carbonyl (C=O) groups is 1. The number of ether oxygens (including phenoxy) is 1. The van der Waals surface area contributed by atoms with Crippen molar-refractivity contribution in [3.63, 3.8) is 0 Å². The molecule has 0 radical (unpaired) electrons. The summed E-state index contributed by atoms with van der Waals surface area (Å²) in [6, 6.07) is 0. The Labute approximate surface area is 105 Å². The maximum absolute atomic E-state index is 11.1. The number of nitrogens with zero attached hydrogens (tertiary/aromatic N) is 3. The fourth-order valence-corrected chi connectivity index (χ4v) is 2.78. The molecule has 3 unspecified atom stereocenters. The first-order valence-corrected chi connectivity index (χ1v) is 6.45. The third kappa shape index (κ3) is 1.90. The smallest absolute Gasteiger partial charge is 0.308 e. The molecule has 1 N–H and O–H groups in total. The average Bonchev–Trinajstić information content (AvgIpc) is 2.93. The van der Waals surface area contributed by atoms with Crippen LogP contribution >= 0.6 is 0 Å². The van der Waals surface area contributed by atoms with E-state index < -0.39 is 5.97 Å². The van der Waals surface area contributed by atoms with Crippen LogP contribution in [0.2, 0.25) is 0 Å². The Morgan fingerprint density at radius 2 is 2.22 bits per heavy atom. The minimum atomic E-state index is -0.735. The van der Waals surface area contributed by atoms with Crippen LogP contribution in [0.1, 0.15) is 43.9 Å². The predicted molar refractivity (Wildman–Crippen MR) is 62.0 cm³/mol. The largest absolute Gasteiger partial charge is 0.481 e. The summed E-state index contributed by atoms with van der Waals surface area (Å²) in [5.74, 6) is 0.637. The molecule has 0 spiro atoms. The summed E-state index contributed by atoms with van der Waals surface area (Å²) in [5.41, 5.74) is 0. The third-order valence-corrected chi connectivity index (χ3v) is 3.84. The minimum absolute atomic E-state index is 0.0196. The van der Waals surface area contributed by atoms with Crippen LogP contribution in [0.4, 0.5) is 0 Å². The highest BCUT2D eigenvalue weighted by Gasteiger charge is 2.33. The molecule has 1 saturated heterocycles. The van der Waals surface area contributed by atoms with E-state index in [1.165, 1.54) is 0 Å². The second kappa shape index (κ2) is 4.35. The lowest BCUT2D eigenvalue weighted by molar-refractivity contribution is -0.142. The molecule has 0 bridgehead atoms. The number of fused-ring (bicyclic) bond motifs is 1. The van der Waals surface area contributed by atoms with Gasteiger partial charge in [0.1, 0.15) is 11.9 Å². The summed E-state index contributed by atoms with van der Waals surface area (Å²) < 4.78 is 7.75. The van der Waals surface area contributed by atoms with Gasteiger partial charge in [-0.2, -0.15) is 0 Å². The Kier molecular flexibility index (Phi) is 2.81. The third-order valence-electron chi connectivity index (χ3n) is 3.84. The van der Waals surface area contributed by atoms with E-state index in [1.54, 1.807) is 0 Å². The molecule has 98 valence electrons. The van der Waals surface area contributed by atoms with Gasteiger partial charge in [-0.05, 0) is 26.2 Å². The van der Waals surface area contributed by atoms with Crippen molar-refractivity contribution in [2.45, 2.75) is 51.4 Å². The van der Waals surface area contributed by atoms with Gasteiger partial charge in [0.25, 0.3) is 0 Å². The second-order valence-corrected chi connectivity index (χ2v) is 5.17. The zero-order valence-electron chi connectivity index (χ0n) is 10.4. The minimum Gasteiger partial charge on any atom is -0.481 e. The first-order chi connectivity index (χ1) is 8.65. The normalized spacial score (nSPS) is 31.3. The van der Waals surface area contributed by atoms with Crippen molar-refractivity contribution in [2.75, 3.05) is 0 Å². The first-order valence-electron chi connectivity index (χ1n) is 6.45. The fourth-order valence-electron chi connectivity index (χ4n) is 2.78. The summed E-state index contributed by atoms with van der Waals surface area (Å²) in [5, 5.41) is 17.5. The van der Waals surface area contributed by atoms with Gasteiger partial charge >= 0.3 is 5.97 Å². The van der Waals surface area contributed by atoms with E-state index in [0.29, 0.717) is 19.4 Å². The molecule has 1 aromatic rings. The highest BCUT2D eigenvalue weighted by Crippen LogP contribution is 2.33. The quantitative estimate of drug-likeness (QED) is 0.853. The van der Waals surface area contributed by atoms with Crippen LogP contribution in [0.3, 0.4) is 0 Å². The van der Waals surface area contributed by atoms with Crippen molar-refractivity contribution < 1.29 is 14.6 Å². The summed E-state index contributed by atoms with van der Waals surface area (Å²) in [6.45, 7) is 2.52. The van der Waals surface area contributed by atoms with Crippen molar-refractivity contribution in [1.82, 2.24) is 14.8 Å². The Hall–Kier alpha value is -1.43. The maximum atomic E-state index is 11.1. The Balaban J connectivity index is 1.85. The van der Waals surface area contributed by atoms with Gasteiger partial charge in [0.05, 0.1) is 12.0 Å². The van der Waals surface area contributed by atoms with Crippen LogP contribution in [0.5, 0.6) is 0 Å². The lowest BCUT2D eigenvalue weighted by Gasteiger charge is -2.22. The van der Waals surface area contributed by atoms with Crippen LogP contribution in [0, 0.1) is 5.92 Å². The number of hydrogen-bond acceptors (Lipinski definition) is 4. The number of aliphatic carboxylic acids is 1. The van der Waals surface area contributed by atoms with Gasteiger partial charge in [0, 0.05) is 13.0 Å². The predicted octanol–water partition coefficient (Wildman–Crippen LogP) is 1.17. The summed E-state index contributed by atoms with van der Waals surface area (Å²) >= 11 is 0.